The van der Waals surface area contributed by atoms with Gasteiger partial charge in [0, 0.05) is 4.88 Å². The van der Waals surface area contributed by atoms with E-state index in [1.165, 1.54) is 18.3 Å². The number of nitrogens with one attached hydrogen (secondary N) is 1. The van der Waals surface area contributed by atoms with E-state index >= 15 is 0 Å². The van der Waals surface area contributed by atoms with Crippen molar-refractivity contribution in [3.05, 3.63) is 46.1 Å². The maximum atomic E-state index is 13.6. The quantitative estimate of drug-likeness (QED) is 0.422. The van der Waals surface area contributed by atoms with Crippen LogP contribution < -0.4 is 5.32 Å². The van der Waals surface area contributed by atoms with Crippen molar-refractivity contribution in [1.29, 1.82) is 5.26 Å². The normalized spacial score (nSPS) is 16.1. The van der Waals surface area contributed by atoms with E-state index in [2.05, 4.69) is 28.4 Å². The van der Waals surface area contributed by atoms with Crippen LogP contribution in [0.25, 0.3) is 11.0 Å². The fourth-order valence-electron chi connectivity index (χ4n) is 3.85. The number of benzene rings is 1. The van der Waals surface area contributed by atoms with Crippen LogP contribution in [-0.2, 0) is 22.5 Å². The zero-order valence-corrected chi connectivity index (χ0v) is 18.4. The van der Waals surface area contributed by atoms with Crippen LogP contribution in [0, 0.1) is 17.2 Å². The highest BCUT2D eigenvalue weighted by atomic mass is 32.1. The minimum atomic E-state index is -2.80. The Hall–Kier alpha value is -3.32. The molecule has 0 bridgehead atoms. The molecule has 0 saturated heterocycles. The van der Waals surface area contributed by atoms with E-state index in [1.54, 1.807) is 24.3 Å². The number of imidazole rings is 1. The first-order valence-corrected chi connectivity index (χ1v) is 11.0. The predicted molar refractivity (Wildman–Crippen MR) is 118 cm³/mol. The average molecular weight is 458 g/mol. The zero-order valence-electron chi connectivity index (χ0n) is 17.6. The fourth-order valence-corrected chi connectivity index (χ4v) is 5.22. The lowest BCUT2D eigenvalue weighted by molar-refractivity contribution is -0.120. The van der Waals surface area contributed by atoms with E-state index in [0.717, 1.165) is 34.3 Å². The van der Waals surface area contributed by atoms with Gasteiger partial charge in [0.15, 0.2) is 12.4 Å². The summed E-state index contributed by atoms with van der Waals surface area (Å²) >= 11 is 1.42. The molecular weight excluding hydrogens is 436 g/mol. The average Bonchev–Trinajstić information content (AvgIpc) is 3.31. The second-order valence-corrected chi connectivity index (χ2v) is 8.84. The van der Waals surface area contributed by atoms with E-state index in [-0.39, 0.29) is 17.1 Å². The number of hydrogen-bond donors (Lipinski definition) is 1. The van der Waals surface area contributed by atoms with E-state index in [4.69, 9.17) is 4.84 Å². The van der Waals surface area contributed by atoms with Gasteiger partial charge in [0.25, 0.3) is 5.91 Å². The molecule has 1 aromatic carbocycles. The van der Waals surface area contributed by atoms with Gasteiger partial charge < -0.3 is 10.2 Å². The number of hydrogen-bond acceptors (Lipinski definition) is 6. The van der Waals surface area contributed by atoms with Crippen molar-refractivity contribution in [2.24, 2.45) is 11.1 Å². The van der Waals surface area contributed by atoms with Gasteiger partial charge in [-0.05, 0) is 49.8 Å². The second-order valence-electron chi connectivity index (χ2n) is 7.74. The molecule has 1 amide bonds. The summed E-state index contributed by atoms with van der Waals surface area (Å²) in [5.74, 6) is 0.0369. The molecule has 4 rings (SSSR count). The lowest BCUT2D eigenvalue weighted by Gasteiger charge is -2.17. The third-order valence-electron chi connectivity index (χ3n) is 5.39. The summed E-state index contributed by atoms with van der Waals surface area (Å²) < 4.78 is 27.9. The van der Waals surface area contributed by atoms with E-state index in [1.807, 2.05) is 0 Å². The number of halogens is 2. The van der Waals surface area contributed by atoms with Crippen LogP contribution in [0.3, 0.4) is 0 Å². The first kappa shape index (κ1) is 21.9. The van der Waals surface area contributed by atoms with E-state index in [9.17, 15) is 18.8 Å². The number of para-hydroxylation sites is 2. The minimum absolute atomic E-state index is 0.0339. The topological polar surface area (TPSA) is 92.3 Å². The molecule has 32 heavy (non-hydrogen) atoms. The van der Waals surface area contributed by atoms with Crippen LogP contribution in [0.1, 0.15) is 48.6 Å². The van der Waals surface area contributed by atoms with Gasteiger partial charge in [-0.3, -0.25) is 9.36 Å². The lowest BCUT2D eigenvalue weighted by Crippen LogP contribution is -2.18. The number of rotatable bonds is 6. The van der Waals surface area contributed by atoms with Crippen LogP contribution >= 0.6 is 11.3 Å². The molecule has 1 unspecified atom stereocenters. The molecule has 10 heteroatoms. The predicted octanol–water partition coefficient (Wildman–Crippen LogP) is 4.87. The molecule has 1 aliphatic rings. The molecule has 7 nitrogen and oxygen atoms in total. The molecule has 0 saturated carbocycles. The van der Waals surface area contributed by atoms with Crippen molar-refractivity contribution in [3.63, 3.8) is 0 Å². The second kappa shape index (κ2) is 9.04. The monoisotopic (exact) mass is 457 g/mol. The number of fused-ring (bicyclic) bond motifs is 2. The first-order chi connectivity index (χ1) is 15.4. The number of alkyl halides is 2. The highest BCUT2D eigenvalue weighted by Crippen LogP contribution is 2.39. The largest absolute Gasteiger partial charge is 0.385 e. The number of carbonyl (C=O) groups excluding carboxylic acids is 1. The molecule has 0 aliphatic heterocycles. The van der Waals surface area contributed by atoms with Gasteiger partial charge >= 0.3 is 6.55 Å². The third-order valence-corrected chi connectivity index (χ3v) is 6.56. The Kier molecular flexibility index (Phi) is 6.19. The van der Waals surface area contributed by atoms with E-state index < -0.39 is 19.1 Å². The maximum Gasteiger partial charge on any atom is 0.320 e. The third kappa shape index (κ3) is 4.21. The van der Waals surface area contributed by atoms with Gasteiger partial charge in [-0.25, -0.2) is 4.98 Å². The Balaban J connectivity index is 1.45. The summed E-state index contributed by atoms with van der Waals surface area (Å²) in [6, 6.07) is 8.74. The standard InChI is InChI=1S/C22H21F2N5O2S/c1-12-7-8-14-15(10-25)21(32-18(14)9-12)27-19(30)11-31-28-13(2)20-26-16-5-3-4-6-17(16)29(20)22(23)24/h3-6,12,22H,7-9,11H2,1-2H3,(H,27,30). The van der Waals surface area contributed by atoms with Gasteiger partial charge in [0.05, 0.1) is 16.6 Å². The molecule has 1 aliphatic carbocycles. The fraction of sp³-hybridized carbons (Fsp3) is 0.364. The summed E-state index contributed by atoms with van der Waals surface area (Å²) in [7, 11) is 0. The van der Waals surface area contributed by atoms with Crippen molar-refractivity contribution < 1.29 is 18.4 Å². The lowest BCUT2D eigenvalue weighted by atomic mass is 9.89. The van der Waals surface area contributed by atoms with Crippen LogP contribution in [0.2, 0.25) is 0 Å². The van der Waals surface area contributed by atoms with Gasteiger partial charge in [0.2, 0.25) is 0 Å². The van der Waals surface area contributed by atoms with Crippen LogP contribution in [0.15, 0.2) is 29.4 Å². The number of nitriles is 1. The van der Waals surface area contributed by atoms with Gasteiger partial charge in [-0.15, -0.1) is 11.3 Å². The van der Waals surface area contributed by atoms with Crippen LogP contribution in [0.5, 0.6) is 0 Å². The van der Waals surface area contributed by atoms with Crippen molar-refractivity contribution in [3.8, 4) is 6.07 Å². The van der Waals surface area contributed by atoms with Gasteiger partial charge in [-0.1, -0.05) is 24.2 Å². The summed E-state index contributed by atoms with van der Waals surface area (Å²) in [5, 5.41) is 16.6. The molecule has 166 valence electrons. The van der Waals surface area contributed by atoms with Crippen LogP contribution in [0.4, 0.5) is 13.8 Å². The zero-order chi connectivity index (χ0) is 22.8. The molecule has 2 heterocycles. The Bertz CT molecular complexity index is 1240. The summed E-state index contributed by atoms with van der Waals surface area (Å²) in [6.07, 6.45) is 2.75. The van der Waals surface area contributed by atoms with Crippen LogP contribution in [-0.4, -0.2) is 27.8 Å². The van der Waals surface area contributed by atoms with Crippen molar-refractivity contribution in [2.75, 3.05) is 11.9 Å². The Labute approximate surface area is 187 Å². The summed E-state index contributed by atoms with van der Waals surface area (Å²) in [5.41, 5.74) is 2.34. The Morgan fingerprint density at radius 3 is 3.00 bits per heavy atom. The molecule has 3 aromatic rings. The number of amides is 1. The molecule has 0 fully saturated rings. The molecular formula is C22H21F2N5O2S. The molecule has 0 spiro atoms. The van der Waals surface area contributed by atoms with Gasteiger partial charge in [-0.2, -0.15) is 14.0 Å². The number of oxime groups is 1. The number of aromatic nitrogens is 2. The van der Waals surface area contributed by atoms with E-state index in [0.29, 0.717) is 22.0 Å². The van der Waals surface area contributed by atoms with Crippen molar-refractivity contribution in [2.45, 2.75) is 39.7 Å². The van der Waals surface area contributed by atoms with Crippen molar-refractivity contribution in [1.82, 2.24) is 9.55 Å². The molecule has 2 aromatic heterocycles. The number of nitrogens with zero attached hydrogens (tertiary/aromatic N) is 4. The minimum Gasteiger partial charge on any atom is -0.385 e. The highest BCUT2D eigenvalue weighted by Gasteiger charge is 2.25. The number of thiophene rings is 1. The van der Waals surface area contributed by atoms with Gasteiger partial charge in [0.1, 0.15) is 16.8 Å². The first-order valence-electron chi connectivity index (χ1n) is 10.2. The highest BCUT2D eigenvalue weighted by molar-refractivity contribution is 7.16. The number of anilines is 1. The Morgan fingerprint density at radius 1 is 1.47 bits per heavy atom. The number of carbonyl (C=O) groups is 1. The summed E-state index contributed by atoms with van der Waals surface area (Å²) in [6.45, 7) is 0.433. The summed E-state index contributed by atoms with van der Waals surface area (Å²) in [4.78, 5) is 22.8. The smallest absolute Gasteiger partial charge is 0.320 e. The van der Waals surface area contributed by atoms with Crippen molar-refractivity contribution >= 4 is 39.0 Å². The Morgan fingerprint density at radius 2 is 2.25 bits per heavy atom. The SMILES string of the molecule is CC(=NOCC(=O)Nc1sc2c(c1C#N)CCC(C)C2)c1nc2ccccc2n1C(F)F. The molecule has 0 radical (unpaired) electrons. The molecule has 1 N–H and O–H groups in total. The maximum absolute atomic E-state index is 13.6. The molecule has 1 atom stereocenters.